The molecule has 0 aromatic heterocycles. The monoisotopic (exact) mass is 477 g/mol. The Kier molecular flexibility index (Phi) is 4.60. The largest absolute Gasteiger partial charge is 0.356 e. The van der Waals surface area contributed by atoms with Crippen LogP contribution in [0.5, 0.6) is 0 Å². The number of nitrogens with one attached hydrogen (secondary N) is 1. The topological polar surface area (TPSA) is 12.0 Å². The minimum atomic E-state index is -0.0196. The van der Waals surface area contributed by atoms with Gasteiger partial charge in [0.25, 0.3) is 0 Å². The van der Waals surface area contributed by atoms with E-state index in [0.717, 1.165) is 11.4 Å². The van der Waals surface area contributed by atoms with Crippen molar-refractivity contribution in [2.75, 3.05) is 5.32 Å². The summed E-state index contributed by atoms with van der Waals surface area (Å²) in [6.07, 6.45) is 0. The van der Waals surface area contributed by atoms with Gasteiger partial charge in [-0.2, -0.15) is 0 Å². The summed E-state index contributed by atoms with van der Waals surface area (Å²) in [7, 11) is 0. The van der Waals surface area contributed by atoms with Crippen LogP contribution in [0.2, 0.25) is 0 Å². The van der Waals surface area contributed by atoms with E-state index in [1.807, 2.05) is 0 Å². The zero-order valence-corrected chi connectivity index (χ0v) is 21.9. The fourth-order valence-corrected chi connectivity index (χ4v) is 6.77. The maximum absolute atomic E-state index is 3.66. The van der Waals surface area contributed by atoms with Gasteiger partial charge in [0.15, 0.2) is 0 Å². The van der Waals surface area contributed by atoms with Crippen LogP contribution in [0.25, 0.3) is 33.4 Å². The molecule has 1 N–H and O–H groups in total. The van der Waals surface area contributed by atoms with Crippen LogP contribution in [0, 0.1) is 0 Å². The molecular formula is C36H31N. The molecule has 0 fully saturated rings. The maximum Gasteiger partial charge on any atom is 0.0387 e. The average molecular weight is 478 g/mol. The van der Waals surface area contributed by atoms with Crippen LogP contribution in [-0.4, -0.2) is 0 Å². The Morgan fingerprint density at radius 2 is 0.973 bits per heavy atom. The van der Waals surface area contributed by atoms with Crippen molar-refractivity contribution in [2.45, 2.75) is 38.5 Å². The Bertz CT molecular complexity index is 1690. The lowest BCUT2D eigenvalue weighted by Crippen LogP contribution is -2.16. The molecule has 0 amide bonds. The lowest BCUT2D eigenvalue weighted by molar-refractivity contribution is 0.660. The van der Waals surface area contributed by atoms with Crippen molar-refractivity contribution in [1.82, 2.24) is 0 Å². The normalized spacial score (nSPS) is 15.5. The molecule has 5 aromatic rings. The minimum absolute atomic E-state index is 0.00550. The van der Waals surface area contributed by atoms with E-state index in [-0.39, 0.29) is 10.8 Å². The molecule has 0 saturated heterocycles. The van der Waals surface area contributed by atoms with Gasteiger partial charge in [0, 0.05) is 22.2 Å². The van der Waals surface area contributed by atoms with E-state index in [4.69, 9.17) is 0 Å². The second-order valence-electron chi connectivity index (χ2n) is 11.5. The quantitative estimate of drug-likeness (QED) is 0.273. The molecule has 0 unspecified atom stereocenters. The second-order valence-corrected chi connectivity index (χ2v) is 11.5. The van der Waals surface area contributed by atoms with Crippen LogP contribution in [0.15, 0.2) is 109 Å². The lowest BCUT2D eigenvalue weighted by atomic mass is 9.79. The molecule has 2 aliphatic rings. The van der Waals surface area contributed by atoms with E-state index in [1.54, 1.807) is 0 Å². The molecule has 1 heteroatoms. The number of anilines is 2. The first-order chi connectivity index (χ1) is 17.9. The summed E-state index contributed by atoms with van der Waals surface area (Å²) in [5.41, 5.74) is 15.9. The van der Waals surface area contributed by atoms with E-state index >= 15 is 0 Å². The predicted octanol–water partition coefficient (Wildman–Crippen LogP) is 9.71. The highest BCUT2D eigenvalue weighted by atomic mass is 14.9. The Morgan fingerprint density at radius 3 is 1.70 bits per heavy atom. The maximum atomic E-state index is 3.66. The summed E-state index contributed by atoms with van der Waals surface area (Å²) in [6, 6.07) is 40.1. The van der Waals surface area contributed by atoms with Crippen molar-refractivity contribution in [3.8, 4) is 33.4 Å². The third-order valence-electron chi connectivity index (χ3n) is 8.65. The first-order valence-corrected chi connectivity index (χ1v) is 13.2. The number of hydrogen-bond acceptors (Lipinski definition) is 1. The predicted molar refractivity (Wildman–Crippen MR) is 157 cm³/mol. The molecule has 1 nitrogen and oxygen atoms in total. The fourth-order valence-electron chi connectivity index (χ4n) is 6.77. The molecule has 0 heterocycles. The van der Waals surface area contributed by atoms with Crippen molar-refractivity contribution >= 4 is 11.4 Å². The fraction of sp³-hybridized carbons (Fsp3) is 0.167. The van der Waals surface area contributed by atoms with Crippen molar-refractivity contribution < 1.29 is 0 Å². The van der Waals surface area contributed by atoms with E-state index in [0.29, 0.717) is 0 Å². The Balaban J connectivity index is 1.21. The zero-order chi connectivity index (χ0) is 25.4. The first-order valence-electron chi connectivity index (χ1n) is 13.2. The number of rotatable bonds is 3. The number of hydrogen-bond donors (Lipinski definition) is 1. The van der Waals surface area contributed by atoms with Crippen LogP contribution in [0.1, 0.15) is 49.9 Å². The summed E-state index contributed by atoms with van der Waals surface area (Å²) >= 11 is 0. The molecule has 7 rings (SSSR count). The Hall–Kier alpha value is -4.10. The van der Waals surface area contributed by atoms with Crippen LogP contribution in [0.4, 0.5) is 11.4 Å². The van der Waals surface area contributed by atoms with Gasteiger partial charge in [-0.05, 0) is 79.9 Å². The van der Waals surface area contributed by atoms with Crippen molar-refractivity contribution in [2.24, 2.45) is 0 Å². The molecule has 0 spiro atoms. The number of benzene rings is 5. The molecule has 5 aromatic carbocycles. The van der Waals surface area contributed by atoms with Crippen molar-refractivity contribution in [3.05, 3.63) is 131 Å². The van der Waals surface area contributed by atoms with Gasteiger partial charge in [-0.1, -0.05) is 113 Å². The second kappa shape index (κ2) is 7.70. The van der Waals surface area contributed by atoms with Crippen LogP contribution in [0.3, 0.4) is 0 Å². The smallest absolute Gasteiger partial charge is 0.0387 e. The molecule has 0 saturated carbocycles. The highest BCUT2D eigenvalue weighted by Gasteiger charge is 2.37. The minimum Gasteiger partial charge on any atom is -0.356 e. The molecule has 37 heavy (non-hydrogen) atoms. The van der Waals surface area contributed by atoms with Gasteiger partial charge in [-0.3, -0.25) is 0 Å². The third-order valence-corrected chi connectivity index (χ3v) is 8.65. The SMILES string of the molecule is CC1(C)c2ccccc2-c2ccc(Nc3ccc(-c4cccc5c4C(C)(C)c4ccccc4-5)cc3)cc21. The molecule has 180 valence electrons. The van der Waals surface area contributed by atoms with E-state index in [9.17, 15) is 0 Å². The standard InChI is InChI=1S/C36H31N/c1-35(2)31-14-7-5-10-27(31)29-21-20-25(22-33(29)35)37-24-18-16-23(17-19-24)26-12-9-13-30-28-11-6-8-15-32(28)36(3,4)34(26)30/h5-22,37H,1-4H3. The van der Waals surface area contributed by atoms with Gasteiger partial charge in [0.2, 0.25) is 0 Å². The first kappa shape index (κ1) is 22.1. The molecule has 0 aliphatic heterocycles. The average Bonchev–Trinajstić information content (AvgIpc) is 3.29. The number of fused-ring (bicyclic) bond motifs is 6. The van der Waals surface area contributed by atoms with Gasteiger partial charge < -0.3 is 5.32 Å². The Labute approximate surface area is 219 Å². The Morgan fingerprint density at radius 1 is 0.432 bits per heavy atom. The lowest BCUT2D eigenvalue weighted by Gasteiger charge is -2.24. The van der Waals surface area contributed by atoms with Gasteiger partial charge in [-0.15, -0.1) is 0 Å². The van der Waals surface area contributed by atoms with Gasteiger partial charge in [0.05, 0.1) is 0 Å². The third kappa shape index (κ3) is 3.17. The highest BCUT2D eigenvalue weighted by Crippen LogP contribution is 2.52. The summed E-state index contributed by atoms with van der Waals surface area (Å²) in [6.45, 7) is 9.36. The summed E-state index contributed by atoms with van der Waals surface area (Å²) < 4.78 is 0. The zero-order valence-electron chi connectivity index (χ0n) is 21.9. The molecular weight excluding hydrogens is 446 g/mol. The van der Waals surface area contributed by atoms with E-state index < -0.39 is 0 Å². The molecule has 0 bridgehead atoms. The summed E-state index contributed by atoms with van der Waals surface area (Å²) in [5, 5.41) is 3.66. The molecule has 2 aliphatic carbocycles. The summed E-state index contributed by atoms with van der Waals surface area (Å²) in [5.74, 6) is 0. The van der Waals surface area contributed by atoms with Gasteiger partial charge >= 0.3 is 0 Å². The van der Waals surface area contributed by atoms with Gasteiger partial charge in [-0.25, -0.2) is 0 Å². The van der Waals surface area contributed by atoms with Crippen LogP contribution >= 0.6 is 0 Å². The van der Waals surface area contributed by atoms with Crippen LogP contribution in [-0.2, 0) is 10.8 Å². The van der Waals surface area contributed by atoms with E-state index in [2.05, 4.69) is 142 Å². The molecule has 0 atom stereocenters. The molecule has 0 radical (unpaired) electrons. The van der Waals surface area contributed by atoms with E-state index in [1.165, 1.54) is 55.6 Å². The van der Waals surface area contributed by atoms with Gasteiger partial charge in [0.1, 0.15) is 0 Å². The van der Waals surface area contributed by atoms with Crippen molar-refractivity contribution in [1.29, 1.82) is 0 Å². The summed E-state index contributed by atoms with van der Waals surface area (Å²) in [4.78, 5) is 0. The van der Waals surface area contributed by atoms with Crippen molar-refractivity contribution in [3.63, 3.8) is 0 Å². The highest BCUT2D eigenvalue weighted by molar-refractivity contribution is 5.88. The van der Waals surface area contributed by atoms with Crippen LogP contribution < -0.4 is 5.32 Å².